The van der Waals surface area contributed by atoms with Crippen LogP contribution in [-0.2, 0) is 38.9 Å². The number of hydrogen-bond donors (Lipinski definition) is 5. The number of anilines is 4. The minimum Gasteiger partial charge on any atom is -0.494 e. The zero-order valence-electron chi connectivity index (χ0n) is 78.0. The first kappa shape index (κ1) is 104. The van der Waals surface area contributed by atoms with Gasteiger partial charge in [-0.15, -0.1) is 11.6 Å². The number of alkyl halides is 1. The minimum absolute atomic E-state index is 0. The first-order chi connectivity index (χ1) is 66.6. The molecule has 0 spiro atoms. The highest BCUT2D eigenvalue weighted by Gasteiger charge is 2.35. The molecule has 140 heavy (non-hydrogen) atoms. The molecule has 41 nitrogen and oxygen atoms in total. The summed E-state index contributed by atoms with van der Waals surface area (Å²) in [4.78, 5) is 118. The molecular weight excluding hydrogens is 1810 g/mol. The van der Waals surface area contributed by atoms with E-state index >= 15 is 0 Å². The quantitative estimate of drug-likeness (QED) is 0.0217. The number of carbonyl (C=O) groups excluding carboxylic acids is 5. The number of carboxylic acids is 1. The number of benzene rings is 4. The summed E-state index contributed by atoms with van der Waals surface area (Å²) >= 11 is 4.82. The van der Waals surface area contributed by atoms with Crippen LogP contribution in [-0.4, -0.2) is 280 Å². The van der Waals surface area contributed by atoms with Gasteiger partial charge < -0.3 is 73.6 Å². The maximum absolute atomic E-state index is 13.5. The van der Waals surface area contributed by atoms with Crippen molar-refractivity contribution in [2.24, 2.45) is 0 Å². The molecule has 0 atom stereocenters. The number of nitriles is 2. The van der Waals surface area contributed by atoms with E-state index in [1.165, 1.54) is 61.0 Å². The number of aromatic amines is 3. The van der Waals surface area contributed by atoms with Gasteiger partial charge in [0, 0.05) is 139 Å². The highest BCUT2D eigenvalue weighted by Crippen LogP contribution is 2.38. The van der Waals surface area contributed by atoms with Gasteiger partial charge in [0.05, 0.1) is 125 Å². The molecule has 0 unspecified atom stereocenters. The standard InChI is InChI=1S/C28H26N10O3.C20H25N5O2.C18H24N4O2.C15H17N5.C13H11N5O4.C2H2ClN.2CH4/c1-18-32-17-38(33-18)27-25-23(22(41-2)15-31-27)20(14-30-25)26(39)28(40)36-12-10-35(11-13-36)21-16-37(9-8-29)34-24(21)19-6-4-3-5-7-19;1-20(2,3)27-19(26)24-12-10-23(11-13-24)17-14-25(15-21-4)22-18(17)16-8-6-5-7-9-16;1-18(2,3)24-17(23)22-11-9-21(10-12-22)15-13-19-20-16(15)14-7-5-4-6-8-14;1-16-12-20-11-14(19-9-7-17-8-10-19)15(18-20)13-5-3-2-4-6-13;1-6-16-5-18(17-6)12-10-9(8(22-2)4-15-12)7(3-14-10)11(19)13(20)21;3-1-2-4;;/h3-7,14-17,30H,9-13H2,1-2H3;5-9,14H,10-13,15H2,1-3H3;4-8,13H,9-12H2,1-3H3,(H,19,20);2-6,11,17H,7-10,12H2;3-5,14H,1-2H3,(H,20,21);1H2;2*1H4. The van der Waals surface area contributed by atoms with E-state index in [1.54, 1.807) is 48.7 Å². The Hall–Kier alpha value is -16.8. The molecule has 5 N–H and O–H groups in total. The smallest absolute Gasteiger partial charge is 0.410 e. The molecule has 4 fully saturated rings. The molecule has 4 aliphatic heterocycles. The predicted molar refractivity (Wildman–Crippen MR) is 530 cm³/mol. The zero-order valence-corrected chi connectivity index (χ0v) is 78.8. The minimum atomic E-state index is -1.54. The van der Waals surface area contributed by atoms with E-state index in [1.807, 2.05) is 163 Å². The van der Waals surface area contributed by atoms with Gasteiger partial charge in [-0.2, -0.15) is 50.5 Å². The number of hydrogen-bond acceptors (Lipinski definition) is 27. The summed E-state index contributed by atoms with van der Waals surface area (Å²) in [6.07, 6.45) is 15.8. The number of ketones is 2. The van der Waals surface area contributed by atoms with Crippen molar-refractivity contribution in [1.29, 1.82) is 10.5 Å². The number of rotatable bonds is 19. The van der Waals surface area contributed by atoms with Crippen LogP contribution >= 0.6 is 11.6 Å². The van der Waals surface area contributed by atoms with Crippen molar-refractivity contribution in [3.8, 4) is 80.3 Å². The Labute approximate surface area is 815 Å². The van der Waals surface area contributed by atoms with Gasteiger partial charge in [-0.25, -0.2) is 56.8 Å². The van der Waals surface area contributed by atoms with Crippen LogP contribution in [0.3, 0.4) is 0 Å². The summed E-state index contributed by atoms with van der Waals surface area (Å²) in [7, 11) is 2.90. The fourth-order valence-corrected chi connectivity index (χ4v) is 15.6. The molecule has 4 aliphatic rings. The molecule has 4 aromatic carbocycles. The van der Waals surface area contributed by atoms with Gasteiger partial charge in [-0.3, -0.25) is 33.9 Å². The molecule has 4 saturated heterocycles. The van der Waals surface area contributed by atoms with Crippen LogP contribution in [0.2, 0.25) is 0 Å². The first-order valence-electron chi connectivity index (χ1n) is 44.2. The number of nitrogens with zero attached hydrogens (tertiary/aromatic N) is 26. The van der Waals surface area contributed by atoms with Crippen LogP contribution in [0.4, 0.5) is 32.3 Å². The number of aromatic nitrogens is 18. The predicted octanol–water partition coefficient (Wildman–Crippen LogP) is 13.6. The number of aliphatic carboxylic acids is 1. The van der Waals surface area contributed by atoms with Crippen LogP contribution < -0.4 is 34.4 Å². The van der Waals surface area contributed by atoms with E-state index in [4.69, 9.17) is 54.1 Å². The van der Waals surface area contributed by atoms with E-state index < -0.39 is 34.6 Å². The van der Waals surface area contributed by atoms with E-state index in [0.717, 1.165) is 107 Å². The molecule has 18 rings (SSSR count). The molecule has 42 heteroatoms. The van der Waals surface area contributed by atoms with Crippen molar-refractivity contribution < 1.29 is 52.8 Å². The summed E-state index contributed by atoms with van der Waals surface area (Å²) in [5.74, 6) is -1.09. The largest absolute Gasteiger partial charge is 0.494 e. The number of methoxy groups -OCH3 is 2. The molecule has 0 bridgehead atoms. The van der Waals surface area contributed by atoms with Gasteiger partial charge in [0.2, 0.25) is 0 Å². The van der Waals surface area contributed by atoms with Crippen LogP contribution in [0.5, 0.6) is 11.5 Å². The number of piperazine rings is 4. The summed E-state index contributed by atoms with van der Waals surface area (Å²) in [5.41, 5.74) is 12.1. The summed E-state index contributed by atoms with van der Waals surface area (Å²) in [6, 6.07) is 43.9. The lowest BCUT2D eigenvalue weighted by Gasteiger charge is -2.36. The lowest BCUT2D eigenvalue weighted by molar-refractivity contribution is -0.131. The third kappa shape index (κ3) is 25.7. The maximum atomic E-state index is 13.5. The number of aryl methyl sites for hydroxylation is 2. The van der Waals surface area contributed by atoms with Crippen LogP contribution in [0, 0.1) is 49.7 Å². The first-order valence-corrected chi connectivity index (χ1v) is 44.7. The highest BCUT2D eigenvalue weighted by molar-refractivity contribution is 6.45. The van der Waals surface area contributed by atoms with Crippen LogP contribution in [0.25, 0.3) is 88.2 Å². The molecule has 3 amide bonds. The second kappa shape index (κ2) is 48.1. The Kier molecular flexibility index (Phi) is 35.6. The lowest BCUT2D eigenvalue weighted by atomic mass is 10.1. The SMILES string of the molecule is C.C.CC(C)(C)OC(=O)N1CCN(c2cn[nH]c2-c2ccccc2)CC1.COc1cnc(-n2cnc(C)n2)c2[nH]cc(C(=O)C(=O)N3CCN(c4cn(CC#N)nc4-c4ccccc4)CC3)c12.COc1cnc(-n2cnc(C)n2)c2[nH]cc(C(=O)C(=O)O)c12.N#CCCl.[C-]#[N+]Cn1cc(N2CCN(C(=O)OC(C)(C)C)CC2)c(-c2ccccc2)n1.[C-]#[N+]Cn1cc(N2CCNCC2)c(-c2ccccc2)n1. The summed E-state index contributed by atoms with van der Waals surface area (Å²) < 4.78 is 29.5. The van der Waals surface area contributed by atoms with Crippen LogP contribution in [0.1, 0.15) is 88.8 Å². The Morgan fingerprint density at radius 2 is 0.843 bits per heavy atom. The van der Waals surface area contributed by atoms with Gasteiger partial charge in [0.15, 0.2) is 11.6 Å². The zero-order chi connectivity index (χ0) is 98.2. The number of carboxylic acid groups (broad SMARTS) is 1. The maximum Gasteiger partial charge on any atom is 0.410 e. The molecule has 14 aromatic rings. The fraction of sp³-hybridized carbons (Fsp3) is 0.347. The number of nitrogens with one attached hydrogen (secondary N) is 4. The van der Waals surface area contributed by atoms with E-state index in [2.05, 4.69) is 131 Å². The Bertz CT molecular complexity index is 6710. The molecule has 0 aliphatic carbocycles. The van der Waals surface area contributed by atoms with Crippen molar-refractivity contribution in [2.75, 3.05) is 144 Å². The monoisotopic (exact) mass is 1920 g/mol. The fourth-order valence-electron chi connectivity index (χ4n) is 15.6. The van der Waals surface area contributed by atoms with E-state index in [0.29, 0.717) is 122 Å². The van der Waals surface area contributed by atoms with E-state index in [-0.39, 0.29) is 63.9 Å². The number of carbonyl (C=O) groups is 6. The summed E-state index contributed by atoms with van der Waals surface area (Å²) in [6.45, 7) is 40.5. The molecule has 10 aromatic heterocycles. The van der Waals surface area contributed by atoms with Gasteiger partial charge >= 0.3 is 31.5 Å². The van der Waals surface area contributed by atoms with Crippen molar-refractivity contribution in [3.05, 3.63) is 229 Å². The number of ether oxygens (including phenoxy) is 4. The second-order valence-electron chi connectivity index (χ2n) is 33.6. The molecule has 0 radical (unpaired) electrons. The Morgan fingerprint density at radius 3 is 1.20 bits per heavy atom. The lowest BCUT2D eigenvalue weighted by Crippen LogP contribution is -2.50. The molecule has 0 saturated carbocycles. The number of pyridine rings is 2. The van der Waals surface area contributed by atoms with Crippen LogP contribution in [0.15, 0.2) is 184 Å². The van der Waals surface area contributed by atoms with Gasteiger partial charge in [-0.1, -0.05) is 136 Å². The highest BCUT2D eigenvalue weighted by atomic mass is 35.5. The third-order valence-electron chi connectivity index (χ3n) is 22.0. The average molecular weight is 1920 g/mol. The average Bonchev–Trinajstić information content (AvgIpc) is 1.62. The van der Waals surface area contributed by atoms with Gasteiger partial charge in [0.25, 0.3) is 17.5 Å². The number of fused-ring (bicyclic) bond motifs is 2. The van der Waals surface area contributed by atoms with E-state index in [9.17, 15) is 34.0 Å². The van der Waals surface area contributed by atoms with Crippen molar-refractivity contribution >= 4 is 91.8 Å². The van der Waals surface area contributed by atoms with Crippen molar-refractivity contribution in [2.45, 2.75) is 101 Å². The van der Waals surface area contributed by atoms with Gasteiger partial charge in [-0.05, 0) is 55.4 Å². The number of Topliss-reactive ketones (excluding diaryl/α,β-unsaturated/α-hetero) is 2. The molecule has 728 valence electrons. The Balaban J connectivity index is 0.000000169. The second-order valence-corrected chi connectivity index (χ2v) is 33.8. The Morgan fingerprint density at radius 1 is 0.479 bits per heavy atom. The molecular formula is C98H113ClN30O11. The normalized spacial score (nSPS) is 13.4. The number of halogens is 1. The number of H-pyrrole nitrogens is 3. The topological polar surface area (TPSA) is 452 Å². The van der Waals surface area contributed by atoms with Crippen molar-refractivity contribution in [1.82, 2.24) is 109 Å². The molecule has 14 heterocycles. The summed E-state index contributed by atoms with van der Waals surface area (Å²) in [5, 5.41) is 59.3. The van der Waals surface area contributed by atoms with Crippen molar-refractivity contribution in [3.63, 3.8) is 0 Å². The van der Waals surface area contributed by atoms with Gasteiger partial charge in [0.1, 0.15) is 76.5 Å². The third-order valence-corrected chi connectivity index (χ3v) is 22.1. The number of amides is 3.